The quantitative estimate of drug-likeness (QED) is 0.581. The van der Waals surface area contributed by atoms with Crippen LogP contribution in [-0.2, 0) is 14.8 Å². The molecule has 1 aliphatic rings. The summed E-state index contributed by atoms with van der Waals surface area (Å²) < 4.78 is 38.3. The number of amides is 1. The third-order valence-electron chi connectivity index (χ3n) is 5.99. The third kappa shape index (κ3) is 5.99. The van der Waals surface area contributed by atoms with E-state index in [-0.39, 0.29) is 30.2 Å². The van der Waals surface area contributed by atoms with Gasteiger partial charge in [-0.1, -0.05) is 38.1 Å². The number of benzene rings is 2. The SMILES string of the molecule is CCC1(CC)C[C@@H](NC(=O)CN(c2cccc(OC(C)C)c2)S(C)(=O)=O)c2ccccc2O1. The van der Waals surface area contributed by atoms with E-state index in [0.29, 0.717) is 17.9 Å². The minimum Gasteiger partial charge on any atom is -0.491 e. The number of nitrogens with zero attached hydrogens (tertiary/aromatic N) is 1. The fraction of sp³-hybridized carbons (Fsp3) is 0.480. The zero-order chi connectivity index (χ0) is 24.2. The van der Waals surface area contributed by atoms with E-state index in [9.17, 15) is 13.2 Å². The van der Waals surface area contributed by atoms with Crippen LogP contribution in [0.5, 0.6) is 11.5 Å². The van der Waals surface area contributed by atoms with Gasteiger partial charge < -0.3 is 14.8 Å². The van der Waals surface area contributed by atoms with Crippen molar-refractivity contribution >= 4 is 21.6 Å². The molecule has 1 heterocycles. The molecule has 0 aromatic heterocycles. The molecule has 1 atom stereocenters. The molecular weight excluding hydrogens is 440 g/mol. The topological polar surface area (TPSA) is 84.9 Å². The smallest absolute Gasteiger partial charge is 0.241 e. The lowest BCUT2D eigenvalue weighted by Crippen LogP contribution is -2.47. The number of carbonyl (C=O) groups is 1. The van der Waals surface area contributed by atoms with E-state index in [1.165, 1.54) is 0 Å². The van der Waals surface area contributed by atoms with E-state index in [4.69, 9.17) is 9.47 Å². The van der Waals surface area contributed by atoms with Crippen LogP contribution in [0.2, 0.25) is 0 Å². The number of sulfonamides is 1. The summed E-state index contributed by atoms with van der Waals surface area (Å²) in [6.07, 6.45) is 3.28. The Balaban J connectivity index is 1.84. The number of anilines is 1. The number of hydrogen-bond acceptors (Lipinski definition) is 5. The van der Waals surface area contributed by atoms with Gasteiger partial charge in [0, 0.05) is 18.1 Å². The molecular formula is C25H34N2O5S. The average molecular weight is 475 g/mol. The maximum absolute atomic E-state index is 13.1. The number of nitrogens with one attached hydrogen (secondary N) is 1. The van der Waals surface area contributed by atoms with E-state index in [1.54, 1.807) is 24.3 Å². The molecule has 0 saturated carbocycles. The van der Waals surface area contributed by atoms with Crippen molar-refractivity contribution in [2.45, 2.75) is 64.7 Å². The third-order valence-corrected chi connectivity index (χ3v) is 7.13. The van der Waals surface area contributed by atoms with Gasteiger partial charge in [0.25, 0.3) is 0 Å². The lowest BCUT2D eigenvalue weighted by atomic mass is 9.83. The molecule has 2 aromatic carbocycles. The molecule has 0 spiro atoms. The van der Waals surface area contributed by atoms with E-state index in [1.807, 2.05) is 38.1 Å². The van der Waals surface area contributed by atoms with Crippen LogP contribution in [0.1, 0.15) is 58.6 Å². The van der Waals surface area contributed by atoms with Crippen molar-refractivity contribution in [3.8, 4) is 11.5 Å². The molecule has 0 aliphatic carbocycles. The lowest BCUT2D eigenvalue weighted by Gasteiger charge is -2.41. The van der Waals surface area contributed by atoms with Gasteiger partial charge in [0.1, 0.15) is 23.6 Å². The Bertz CT molecular complexity index is 1080. The molecule has 7 nitrogen and oxygen atoms in total. The lowest BCUT2D eigenvalue weighted by molar-refractivity contribution is -0.121. The van der Waals surface area contributed by atoms with E-state index >= 15 is 0 Å². The predicted molar refractivity (Wildman–Crippen MR) is 130 cm³/mol. The summed E-state index contributed by atoms with van der Waals surface area (Å²) in [5.41, 5.74) is 0.918. The van der Waals surface area contributed by atoms with Crippen LogP contribution < -0.4 is 19.1 Å². The molecule has 180 valence electrons. The number of ether oxygens (including phenoxy) is 2. The predicted octanol–water partition coefficient (Wildman–Crippen LogP) is 4.44. The van der Waals surface area contributed by atoms with Crippen molar-refractivity contribution in [2.24, 2.45) is 0 Å². The number of hydrogen-bond donors (Lipinski definition) is 1. The minimum absolute atomic E-state index is 0.0544. The van der Waals surface area contributed by atoms with Crippen LogP contribution in [-0.4, -0.2) is 38.8 Å². The molecule has 8 heteroatoms. The molecule has 0 fully saturated rings. The van der Waals surface area contributed by atoms with Crippen molar-refractivity contribution in [1.82, 2.24) is 5.32 Å². The molecule has 0 unspecified atom stereocenters. The molecule has 0 bridgehead atoms. The second-order valence-corrected chi connectivity index (χ2v) is 10.7. The second kappa shape index (κ2) is 10.0. The average Bonchev–Trinajstić information content (AvgIpc) is 2.76. The summed E-state index contributed by atoms with van der Waals surface area (Å²) in [5, 5.41) is 3.06. The first-order chi connectivity index (χ1) is 15.6. The summed E-state index contributed by atoms with van der Waals surface area (Å²) in [6, 6.07) is 14.2. The van der Waals surface area contributed by atoms with Gasteiger partial charge in [-0.05, 0) is 44.9 Å². The maximum Gasteiger partial charge on any atom is 0.241 e. The van der Waals surface area contributed by atoms with Gasteiger partial charge in [0.05, 0.1) is 24.1 Å². The summed E-state index contributed by atoms with van der Waals surface area (Å²) >= 11 is 0. The molecule has 2 aromatic rings. The van der Waals surface area contributed by atoms with Crippen molar-refractivity contribution < 1.29 is 22.7 Å². The first kappa shape index (κ1) is 24.9. The first-order valence-electron chi connectivity index (χ1n) is 11.4. The number of para-hydroxylation sites is 1. The van der Waals surface area contributed by atoms with Gasteiger partial charge >= 0.3 is 0 Å². The Morgan fingerprint density at radius 2 is 1.88 bits per heavy atom. The Kier molecular flexibility index (Phi) is 7.57. The van der Waals surface area contributed by atoms with Crippen molar-refractivity contribution in [3.63, 3.8) is 0 Å². The minimum atomic E-state index is -3.70. The zero-order valence-electron chi connectivity index (χ0n) is 20.0. The normalized spacial score (nSPS) is 17.1. The highest BCUT2D eigenvalue weighted by Gasteiger charge is 2.39. The highest BCUT2D eigenvalue weighted by molar-refractivity contribution is 7.92. The van der Waals surface area contributed by atoms with Crippen LogP contribution in [0.25, 0.3) is 0 Å². The molecule has 1 amide bonds. The molecule has 0 saturated heterocycles. The summed E-state index contributed by atoms with van der Waals surface area (Å²) in [5.74, 6) is 0.931. The Morgan fingerprint density at radius 3 is 2.52 bits per heavy atom. The number of fused-ring (bicyclic) bond motifs is 1. The summed E-state index contributed by atoms with van der Waals surface area (Å²) in [6.45, 7) is 7.62. The van der Waals surface area contributed by atoms with Crippen molar-refractivity contribution in [3.05, 3.63) is 54.1 Å². The van der Waals surface area contributed by atoms with Crippen LogP contribution in [0.3, 0.4) is 0 Å². The van der Waals surface area contributed by atoms with Crippen LogP contribution in [0, 0.1) is 0 Å². The summed E-state index contributed by atoms with van der Waals surface area (Å²) in [7, 11) is -3.70. The Labute approximate surface area is 197 Å². The first-order valence-corrected chi connectivity index (χ1v) is 13.2. The van der Waals surface area contributed by atoms with Gasteiger partial charge in [-0.15, -0.1) is 0 Å². The van der Waals surface area contributed by atoms with Gasteiger partial charge in [-0.3, -0.25) is 9.10 Å². The Morgan fingerprint density at radius 1 is 1.18 bits per heavy atom. The van der Waals surface area contributed by atoms with Crippen LogP contribution >= 0.6 is 0 Å². The number of rotatable bonds is 9. The Hall–Kier alpha value is -2.74. The molecule has 1 aliphatic heterocycles. The fourth-order valence-electron chi connectivity index (χ4n) is 4.18. The second-order valence-electron chi connectivity index (χ2n) is 8.79. The monoisotopic (exact) mass is 474 g/mol. The van der Waals surface area contributed by atoms with Crippen LogP contribution in [0.4, 0.5) is 5.69 Å². The van der Waals surface area contributed by atoms with Gasteiger partial charge in [-0.25, -0.2) is 8.42 Å². The largest absolute Gasteiger partial charge is 0.491 e. The van der Waals surface area contributed by atoms with Gasteiger partial charge in [-0.2, -0.15) is 0 Å². The van der Waals surface area contributed by atoms with Crippen LogP contribution in [0.15, 0.2) is 48.5 Å². The highest BCUT2D eigenvalue weighted by Crippen LogP contribution is 2.42. The maximum atomic E-state index is 13.1. The molecule has 33 heavy (non-hydrogen) atoms. The van der Waals surface area contributed by atoms with Crippen molar-refractivity contribution in [2.75, 3.05) is 17.1 Å². The van der Waals surface area contributed by atoms with Crippen molar-refractivity contribution in [1.29, 1.82) is 0 Å². The highest BCUT2D eigenvalue weighted by atomic mass is 32.2. The zero-order valence-corrected chi connectivity index (χ0v) is 20.8. The number of carbonyl (C=O) groups excluding carboxylic acids is 1. The standard InChI is InChI=1S/C25H34N2O5S/c1-6-25(7-2)16-22(21-13-8-9-14-23(21)32-25)26-24(28)17-27(33(5,29)30)19-11-10-12-20(15-19)31-18(3)4/h8-15,18,22H,6-7,16-17H2,1-5H3,(H,26,28)/t22-/m1/s1. The fourth-order valence-corrected chi connectivity index (χ4v) is 5.03. The van der Waals surface area contributed by atoms with E-state index < -0.39 is 10.0 Å². The molecule has 3 rings (SSSR count). The van der Waals surface area contributed by atoms with E-state index in [0.717, 1.165) is 34.7 Å². The van der Waals surface area contributed by atoms with Gasteiger partial charge in [0.15, 0.2) is 0 Å². The van der Waals surface area contributed by atoms with Gasteiger partial charge in [0.2, 0.25) is 15.9 Å². The molecule has 0 radical (unpaired) electrons. The van der Waals surface area contributed by atoms with E-state index in [2.05, 4.69) is 19.2 Å². The molecule has 1 N–H and O–H groups in total. The summed E-state index contributed by atoms with van der Waals surface area (Å²) in [4.78, 5) is 13.1.